The SMILES string of the molecule is C=CC1CN2CCC1CC2[C@@H](OC)c1ccnc2ccc(OC)cc12.C=CC1CN2CCC1CC2[C@@H](OC)c1ccnc2ccc(OC)cc12.C=CC1CN2CCC1CC2[C@@H](OCC(=O)OC(C)C)c1ccnc2ccc(OC)cc12. The second-order valence-corrected chi connectivity index (χ2v) is 23.2. The molecule has 81 heavy (non-hydrogen) atoms. The Morgan fingerprint density at radius 2 is 0.877 bits per heavy atom. The first-order valence-electron chi connectivity index (χ1n) is 29.2. The van der Waals surface area contributed by atoms with Gasteiger partial charge < -0.3 is 33.2 Å². The highest BCUT2D eigenvalue weighted by Gasteiger charge is 2.46. The topological polar surface area (TPSA) is 130 Å². The van der Waals surface area contributed by atoms with Crippen LogP contribution in [0.1, 0.15) is 87.4 Å². The summed E-state index contributed by atoms with van der Waals surface area (Å²) in [6.07, 6.45) is 18.7. The van der Waals surface area contributed by atoms with Crippen LogP contribution in [0.2, 0.25) is 0 Å². The minimum atomic E-state index is -0.337. The molecule has 9 aliphatic rings. The van der Waals surface area contributed by atoms with Crippen LogP contribution in [0.25, 0.3) is 32.7 Å². The molecule has 9 saturated heterocycles. The number of pyridine rings is 3. The van der Waals surface area contributed by atoms with Crippen LogP contribution in [-0.2, 0) is 23.7 Å². The maximum absolute atomic E-state index is 12.3. The minimum Gasteiger partial charge on any atom is -0.497 e. The second kappa shape index (κ2) is 26.3. The predicted molar refractivity (Wildman–Crippen MR) is 320 cm³/mol. The van der Waals surface area contributed by atoms with Gasteiger partial charge in [0.2, 0.25) is 0 Å². The van der Waals surface area contributed by atoms with E-state index in [2.05, 4.69) is 91.9 Å². The number of hydrogen-bond donors (Lipinski definition) is 0. The van der Waals surface area contributed by atoms with E-state index in [1.165, 1.54) is 43.2 Å². The molecule has 12 unspecified atom stereocenters. The molecular weight excluding hydrogens is 1020 g/mol. The molecule has 6 aromatic rings. The summed E-state index contributed by atoms with van der Waals surface area (Å²) in [5.74, 6) is 5.97. The summed E-state index contributed by atoms with van der Waals surface area (Å²) in [7, 11) is 8.71. The Morgan fingerprint density at radius 3 is 1.17 bits per heavy atom. The molecule has 9 fully saturated rings. The molecular formula is C67H84N6O8. The fourth-order valence-corrected chi connectivity index (χ4v) is 14.5. The number of carbonyl (C=O) groups is 1. The minimum absolute atomic E-state index is 0.0474. The third-order valence-corrected chi connectivity index (χ3v) is 18.6. The third-order valence-electron chi connectivity index (χ3n) is 18.6. The molecule has 14 heteroatoms. The Bertz CT molecular complexity index is 3020. The molecule has 430 valence electrons. The van der Waals surface area contributed by atoms with Crippen molar-refractivity contribution in [1.82, 2.24) is 29.7 Å². The molecule has 15 rings (SSSR count). The average molecular weight is 1100 g/mol. The van der Waals surface area contributed by atoms with Crippen molar-refractivity contribution in [3.05, 3.63) is 146 Å². The normalized spacial score (nSPS) is 28.2. The molecule has 14 nitrogen and oxygen atoms in total. The number of piperidine rings is 9. The van der Waals surface area contributed by atoms with Gasteiger partial charge in [-0.05, 0) is 197 Å². The van der Waals surface area contributed by atoms with Crippen LogP contribution in [0.15, 0.2) is 129 Å². The number of benzene rings is 3. The number of fused-ring (bicyclic) bond motifs is 12. The van der Waals surface area contributed by atoms with Crippen LogP contribution in [-0.4, -0.2) is 141 Å². The molecule has 3 aromatic carbocycles. The summed E-state index contributed by atoms with van der Waals surface area (Å²) in [6.45, 7) is 22.3. The van der Waals surface area contributed by atoms with E-state index in [0.717, 1.165) is 113 Å². The Labute approximate surface area is 479 Å². The monoisotopic (exact) mass is 1100 g/mol. The van der Waals surface area contributed by atoms with Gasteiger partial charge in [0.25, 0.3) is 0 Å². The quantitative estimate of drug-likeness (QED) is 0.0598. The van der Waals surface area contributed by atoms with Crippen LogP contribution in [0.5, 0.6) is 17.2 Å². The number of esters is 1. The zero-order valence-electron chi connectivity index (χ0n) is 48.7. The molecule has 0 aliphatic carbocycles. The van der Waals surface area contributed by atoms with E-state index in [0.29, 0.717) is 35.8 Å². The predicted octanol–water partition coefficient (Wildman–Crippen LogP) is 11.8. The van der Waals surface area contributed by atoms with Gasteiger partial charge in [-0.25, -0.2) is 4.79 Å². The van der Waals surface area contributed by atoms with Crippen LogP contribution < -0.4 is 14.2 Å². The highest BCUT2D eigenvalue weighted by Crippen LogP contribution is 2.47. The molecule has 15 atom stereocenters. The summed E-state index contributed by atoms with van der Waals surface area (Å²) < 4.78 is 40.0. The Balaban J connectivity index is 0.000000137. The Hall–Kier alpha value is -6.26. The lowest BCUT2D eigenvalue weighted by atomic mass is 9.73. The Morgan fingerprint density at radius 1 is 0.531 bits per heavy atom. The molecule has 0 N–H and O–H groups in total. The van der Waals surface area contributed by atoms with Crippen LogP contribution in [0.3, 0.4) is 0 Å². The number of methoxy groups -OCH3 is 5. The lowest BCUT2D eigenvalue weighted by Crippen LogP contribution is -2.55. The van der Waals surface area contributed by atoms with Gasteiger partial charge in [-0.2, -0.15) is 0 Å². The zero-order valence-corrected chi connectivity index (χ0v) is 48.7. The number of ether oxygens (including phenoxy) is 7. The van der Waals surface area contributed by atoms with E-state index in [4.69, 9.17) is 33.2 Å². The molecule has 6 bridgehead atoms. The van der Waals surface area contributed by atoms with Gasteiger partial charge in [-0.3, -0.25) is 29.7 Å². The van der Waals surface area contributed by atoms with E-state index < -0.39 is 0 Å². The number of aromatic nitrogens is 3. The number of carbonyl (C=O) groups excluding carboxylic acids is 1. The standard InChI is InChI=1S/C25H32N2O4.2C21H26N2O2/c1-5-17-14-27-11-9-18(17)12-23(27)25(30-15-24(28)31-16(2)3)20-8-10-26-22-7-6-19(29-4)13-21(20)22;2*1-4-14-13-23-10-8-15(14)11-20(23)21(25-3)17-7-9-22-19-6-5-16(24-2)12-18(17)19/h5-8,10,13,16-18,23,25H,1,9,11-12,14-15H2,2-4H3;2*4-7,9,12,14-15,20-21H,1,8,10-11,13H2,2-3H3/t17?,18?,23?,25-;2*14?,15?,20?,21-/m000/s1. The largest absolute Gasteiger partial charge is 0.497 e. The van der Waals surface area contributed by atoms with Crippen molar-refractivity contribution < 1.29 is 38.0 Å². The van der Waals surface area contributed by atoms with Gasteiger partial charge in [0, 0.05) is 86.7 Å². The summed E-state index contributed by atoms with van der Waals surface area (Å²) in [4.78, 5) is 33.5. The van der Waals surface area contributed by atoms with Gasteiger partial charge in [0.05, 0.1) is 62.3 Å². The van der Waals surface area contributed by atoms with E-state index in [1.807, 2.05) is 95.2 Å². The van der Waals surface area contributed by atoms with E-state index >= 15 is 0 Å². The fraction of sp³-hybridized carbons (Fsp3) is 0.493. The van der Waals surface area contributed by atoms with E-state index in [-0.39, 0.29) is 43.0 Å². The lowest BCUT2D eigenvalue weighted by Gasteiger charge is -2.51. The fourth-order valence-electron chi connectivity index (χ4n) is 14.5. The van der Waals surface area contributed by atoms with Gasteiger partial charge in [-0.1, -0.05) is 18.2 Å². The van der Waals surface area contributed by atoms with Gasteiger partial charge in [-0.15, -0.1) is 19.7 Å². The number of hydrogen-bond acceptors (Lipinski definition) is 14. The van der Waals surface area contributed by atoms with Crippen LogP contribution in [0.4, 0.5) is 0 Å². The first-order valence-corrected chi connectivity index (χ1v) is 29.2. The first-order chi connectivity index (χ1) is 39.5. The smallest absolute Gasteiger partial charge is 0.332 e. The lowest BCUT2D eigenvalue weighted by molar-refractivity contribution is -0.158. The number of rotatable bonds is 18. The highest BCUT2D eigenvalue weighted by molar-refractivity contribution is 5.86. The van der Waals surface area contributed by atoms with E-state index in [9.17, 15) is 4.79 Å². The van der Waals surface area contributed by atoms with E-state index in [1.54, 1.807) is 21.3 Å². The molecule has 12 heterocycles. The highest BCUT2D eigenvalue weighted by atomic mass is 16.6. The van der Waals surface area contributed by atoms with Crippen LogP contribution in [0, 0.1) is 35.5 Å². The molecule has 0 spiro atoms. The van der Waals surface area contributed by atoms with Crippen LogP contribution >= 0.6 is 0 Å². The maximum atomic E-state index is 12.3. The maximum Gasteiger partial charge on any atom is 0.332 e. The Kier molecular flexibility index (Phi) is 18.8. The number of nitrogens with zero attached hydrogens (tertiary/aromatic N) is 6. The van der Waals surface area contributed by atoms with Crippen molar-refractivity contribution in [3.63, 3.8) is 0 Å². The summed E-state index contributed by atoms with van der Waals surface area (Å²) in [5.41, 5.74) is 6.31. The molecule has 9 aliphatic heterocycles. The molecule has 3 aromatic heterocycles. The van der Waals surface area contributed by atoms with Crippen molar-refractivity contribution in [3.8, 4) is 17.2 Å². The molecule has 0 radical (unpaired) electrons. The van der Waals surface area contributed by atoms with Gasteiger partial charge >= 0.3 is 5.97 Å². The third kappa shape index (κ3) is 12.4. The van der Waals surface area contributed by atoms with Crippen molar-refractivity contribution in [2.75, 3.05) is 81.4 Å². The summed E-state index contributed by atoms with van der Waals surface area (Å²) in [5, 5.41) is 3.24. The van der Waals surface area contributed by atoms with Gasteiger partial charge in [0.15, 0.2) is 0 Å². The summed E-state index contributed by atoms with van der Waals surface area (Å²) in [6, 6.07) is 25.2. The van der Waals surface area contributed by atoms with Crippen molar-refractivity contribution in [2.24, 2.45) is 35.5 Å². The first kappa shape index (κ1) is 58.0. The average Bonchev–Trinajstić information content (AvgIpc) is 3.70. The molecule has 0 amide bonds. The van der Waals surface area contributed by atoms with Gasteiger partial charge in [0.1, 0.15) is 23.9 Å². The zero-order chi connectivity index (χ0) is 56.7. The van der Waals surface area contributed by atoms with Crippen molar-refractivity contribution >= 4 is 38.7 Å². The van der Waals surface area contributed by atoms with Crippen molar-refractivity contribution in [2.45, 2.75) is 94.9 Å². The molecule has 0 saturated carbocycles. The second-order valence-electron chi connectivity index (χ2n) is 23.2. The summed E-state index contributed by atoms with van der Waals surface area (Å²) >= 11 is 0. The van der Waals surface area contributed by atoms with Crippen molar-refractivity contribution in [1.29, 1.82) is 0 Å².